The molecule has 1 rings (SSSR count). The van der Waals surface area contributed by atoms with Crippen LogP contribution in [0.1, 0.15) is 38.2 Å². The van der Waals surface area contributed by atoms with Crippen LogP contribution in [0.3, 0.4) is 0 Å². The van der Waals surface area contributed by atoms with Gasteiger partial charge < -0.3 is 10.4 Å². The van der Waals surface area contributed by atoms with E-state index < -0.39 is 36.4 Å². The monoisotopic (exact) mass is 331 g/mol. The summed E-state index contributed by atoms with van der Waals surface area (Å²) in [6, 6.07) is 6.62. The van der Waals surface area contributed by atoms with Crippen LogP contribution in [-0.2, 0) is 9.59 Å². The third-order valence-corrected chi connectivity index (χ3v) is 3.28. The van der Waals surface area contributed by atoms with E-state index >= 15 is 0 Å². The molecule has 0 aromatic heterocycles. The van der Waals surface area contributed by atoms with Crippen molar-refractivity contribution >= 4 is 11.9 Å². The Hall–Kier alpha value is -2.05. The van der Waals surface area contributed by atoms with Crippen LogP contribution in [-0.4, -0.2) is 29.2 Å². The lowest BCUT2D eigenvalue weighted by Crippen LogP contribution is -2.45. The molecule has 2 unspecified atom stereocenters. The Labute approximate surface area is 132 Å². The molecule has 7 heteroatoms. The molecule has 0 saturated heterocycles. The minimum atomic E-state index is -4.67. The summed E-state index contributed by atoms with van der Waals surface area (Å²) in [6.45, 7) is 3.77. The fourth-order valence-corrected chi connectivity index (χ4v) is 2.26. The number of halogens is 3. The number of hydrogen-bond donors (Lipinski definition) is 2. The Morgan fingerprint density at radius 1 is 1.17 bits per heavy atom. The van der Waals surface area contributed by atoms with E-state index in [4.69, 9.17) is 5.11 Å². The van der Waals surface area contributed by atoms with Gasteiger partial charge >= 0.3 is 12.1 Å². The van der Waals surface area contributed by atoms with Crippen molar-refractivity contribution in [1.82, 2.24) is 5.32 Å². The Morgan fingerprint density at radius 3 is 2.17 bits per heavy atom. The maximum Gasteiger partial charge on any atom is 0.391 e. The average Bonchev–Trinajstić information content (AvgIpc) is 2.43. The summed E-state index contributed by atoms with van der Waals surface area (Å²) in [6.07, 6.45) is -5.86. The number of carbonyl (C=O) groups excluding carboxylic acids is 1. The highest BCUT2D eigenvalue weighted by Crippen LogP contribution is 2.26. The molecular weight excluding hydrogens is 311 g/mol. The van der Waals surface area contributed by atoms with Crippen LogP contribution in [0.25, 0.3) is 0 Å². The van der Waals surface area contributed by atoms with E-state index in [0.717, 1.165) is 0 Å². The van der Waals surface area contributed by atoms with Crippen molar-refractivity contribution in [2.24, 2.45) is 5.92 Å². The van der Waals surface area contributed by atoms with Gasteiger partial charge in [0.2, 0.25) is 5.91 Å². The molecule has 0 aliphatic rings. The topological polar surface area (TPSA) is 66.4 Å². The fraction of sp³-hybridized carbons (Fsp3) is 0.500. The highest BCUT2D eigenvalue weighted by molar-refractivity contribution is 5.88. The van der Waals surface area contributed by atoms with E-state index in [1.54, 1.807) is 30.3 Å². The van der Waals surface area contributed by atoms with Gasteiger partial charge in [0.25, 0.3) is 0 Å². The predicted octanol–water partition coefficient (Wildman–Crippen LogP) is 3.34. The zero-order chi connectivity index (χ0) is 17.6. The van der Waals surface area contributed by atoms with Crippen LogP contribution >= 0.6 is 0 Å². The Bertz CT molecular complexity index is 529. The number of benzene rings is 1. The second-order valence-electron chi connectivity index (χ2n) is 5.81. The third kappa shape index (κ3) is 6.71. The molecular formula is C16H20F3NO3. The zero-order valence-corrected chi connectivity index (χ0v) is 12.9. The molecule has 1 aromatic rings. The number of carboxylic acid groups (broad SMARTS) is 1. The number of nitrogens with one attached hydrogen (secondary N) is 1. The van der Waals surface area contributed by atoms with Crippen molar-refractivity contribution in [2.75, 3.05) is 0 Å². The Morgan fingerprint density at radius 2 is 1.74 bits per heavy atom. The zero-order valence-electron chi connectivity index (χ0n) is 12.9. The number of alkyl halides is 3. The van der Waals surface area contributed by atoms with E-state index in [1.807, 2.05) is 19.2 Å². The van der Waals surface area contributed by atoms with E-state index in [9.17, 15) is 22.8 Å². The summed E-state index contributed by atoms with van der Waals surface area (Å²) < 4.78 is 37.3. The lowest BCUT2D eigenvalue weighted by atomic mass is 9.89. The summed E-state index contributed by atoms with van der Waals surface area (Å²) in [5.74, 6) is -2.98. The van der Waals surface area contributed by atoms with E-state index in [1.165, 1.54) is 0 Å². The molecule has 0 aliphatic carbocycles. The summed E-state index contributed by atoms with van der Waals surface area (Å²) >= 11 is 0. The maximum absolute atomic E-state index is 12.4. The van der Waals surface area contributed by atoms with Gasteiger partial charge in [-0.2, -0.15) is 13.2 Å². The van der Waals surface area contributed by atoms with E-state index in [-0.39, 0.29) is 5.92 Å². The van der Waals surface area contributed by atoms with Crippen LogP contribution in [0.4, 0.5) is 13.2 Å². The first-order valence-electron chi connectivity index (χ1n) is 7.25. The summed E-state index contributed by atoms with van der Waals surface area (Å²) in [5, 5.41) is 10.9. The molecule has 0 aliphatic heterocycles. The van der Waals surface area contributed by atoms with Gasteiger partial charge in [-0.05, 0) is 17.9 Å². The Kier molecular flexibility index (Phi) is 6.60. The van der Waals surface area contributed by atoms with Crippen molar-refractivity contribution < 1.29 is 27.9 Å². The van der Waals surface area contributed by atoms with Gasteiger partial charge in [-0.1, -0.05) is 44.2 Å². The lowest BCUT2D eigenvalue weighted by molar-refractivity contribution is -0.160. The van der Waals surface area contributed by atoms with Gasteiger partial charge in [0, 0.05) is 0 Å². The smallest absolute Gasteiger partial charge is 0.391 e. The predicted molar refractivity (Wildman–Crippen MR) is 78.9 cm³/mol. The SMILES string of the molecule is CC(C)CC(C(=O)NC(CC(F)(F)F)C(=O)O)c1ccccc1. The number of amides is 1. The van der Waals surface area contributed by atoms with Crippen molar-refractivity contribution in [3.8, 4) is 0 Å². The summed E-state index contributed by atoms with van der Waals surface area (Å²) in [7, 11) is 0. The molecule has 128 valence electrons. The second-order valence-corrected chi connectivity index (χ2v) is 5.81. The number of hydrogen-bond acceptors (Lipinski definition) is 2. The highest BCUT2D eigenvalue weighted by Gasteiger charge is 2.37. The number of rotatable bonds is 7. The quantitative estimate of drug-likeness (QED) is 0.805. The molecule has 1 amide bonds. The average molecular weight is 331 g/mol. The molecule has 0 bridgehead atoms. The van der Waals surface area contributed by atoms with Crippen LogP contribution in [0.2, 0.25) is 0 Å². The first-order chi connectivity index (χ1) is 10.6. The molecule has 0 spiro atoms. The van der Waals surface area contributed by atoms with E-state index in [0.29, 0.717) is 12.0 Å². The van der Waals surface area contributed by atoms with Crippen LogP contribution in [0.15, 0.2) is 30.3 Å². The Balaban J connectivity index is 2.93. The molecule has 0 saturated carbocycles. The molecule has 1 aromatic carbocycles. The third-order valence-electron chi connectivity index (χ3n) is 3.28. The molecule has 0 fully saturated rings. The minimum Gasteiger partial charge on any atom is -0.480 e. The van der Waals surface area contributed by atoms with Gasteiger partial charge in [-0.25, -0.2) is 4.79 Å². The van der Waals surface area contributed by atoms with Gasteiger partial charge in [0.05, 0.1) is 12.3 Å². The van der Waals surface area contributed by atoms with Crippen molar-refractivity contribution in [2.45, 2.75) is 44.8 Å². The van der Waals surface area contributed by atoms with E-state index in [2.05, 4.69) is 0 Å². The van der Waals surface area contributed by atoms with Gasteiger partial charge in [-0.15, -0.1) is 0 Å². The fourth-order valence-electron chi connectivity index (χ4n) is 2.26. The first-order valence-corrected chi connectivity index (χ1v) is 7.25. The normalized spacial score (nSPS) is 14.3. The van der Waals surface area contributed by atoms with Gasteiger partial charge in [-0.3, -0.25) is 4.79 Å². The molecule has 0 heterocycles. The minimum absolute atomic E-state index is 0.122. The highest BCUT2D eigenvalue weighted by atomic mass is 19.4. The molecule has 2 N–H and O–H groups in total. The van der Waals surface area contributed by atoms with Gasteiger partial charge in [0.15, 0.2) is 0 Å². The van der Waals surface area contributed by atoms with Crippen molar-refractivity contribution in [1.29, 1.82) is 0 Å². The maximum atomic E-state index is 12.4. The van der Waals surface area contributed by atoms with Crippen molar-refractivity contribution in [3.05, 3.63) is 35.9 Å². The lowest BCUT2D eigenvalue weighted by Gasteiger charge is -2.22. The molecule has 2 atom stereocenters. The van der Waals surface area contributed by atoms with Crippen LogP contribution in [0, 0.1) is 5.92 Å². The number of carboxylic acids is 1. The molecule has 4 nitrogen and oxygen atoms in total. The standard InChI is InChI=1S/C16H20F3NO3/c1-10(2)8-12(11-6-4-3-5-7-11)14(21)20-13(15(22)23)9-16(17,18)19/h3-7,10,12-13H,8-9H2,1-2H3,(H,20,21)(H,22,23). The first kappa shape index (κ1) is 19.0. The summed E-state index contributed by atoms with van der Waals surface area (Å²) in [4.78, 5) is 23.3. The van der Waals surface area contributed by atoms with Crippen molar-refractivity contribution in [3.63, 3.8) is 0 Å². The second kappa shape index (κ2) is 7.99. The van der Waals surface area contributed by atoms with Crippen LogP contribution in [0.5, 0.6) is 0 Å². The van der Waals surface area contributed by atoms with Crippen LogP contribution < -0.4 is 5.32 Å². The van der Waals surface area contributed by atoms with Gasteiger partial charge in [0.1, 0.15) is 6.04 Å². The summed E-state index contributed by atoms with van der Waals surface area (Å²) in [5.41, 5.74) is 0.648. The molecule has 0 radical (unpaired) electrons. The number of carbonyl (C=O) groups is 2. The number of aliphatic carboxylic acids is 1. The largest absolute Gasteiger partial charge is 0.480 e. The molecule has 23 heavy (non-hydrogen) atoms.